The van der Waals surface area contributed by atoms with Gasteiger partial charge in [0.25, 0.3) is 0 Å². The van der Waals surface area contributed by atoms with E-state index in [-0.39, 0.29) is 17.6 Å². The van der Waals surface area contributed by atoms with Crippen molar-refractivity contribution in [2.24, 2.45) is 7.05 Å². The first kappa shape index (κ1) is 18.8. The Labute approximate surface area is 190 Å². The van der Waals surface area contributed by atoms with Gasteiger partial charge in [0.1, 0.15) is 8.42 Å². The Morgan fingerprint density at radius 1 is 0.903 bits per heavy atom. The van der Waals surface area contributed by atoms with Crippen molar-refractivity contribution in [3.05, 3.63) is 89.6 Å². The molecule has 0 amide bonds. The average Bonchev–Trinajstić information content (AvgIpc) is 2.78. The van der Waals surface area contributed by atoms with Crippen molar-refractivity contribution < 1.29 is 7.31 Å². The maximum Gasteiger partial charge on any atom is 0.220 e. The van der Waals surface area contributed by atoms with Gasteiger partial charge in [-0.15, -0.1) is 0 Å². The summed E-state index contributed by atoms with van der Waals surface area (Å²) in [6, 6.07) is 21.8. The molecule has 31 heavy (non-hydrogen) atoms. The molecule has 0 aliphatic heterocycles. The largest absolute Gasteiger partial charge is 0.220 e. The topological polar surface area (TPSA) is 3.88 Å². The molecule has 0 aliphatic carbocycles. The summed E-state index contributed by atoms with van der Waals surface area (Å²) in [5.41, 5.74) is 8.21. The molecule has 0 bridgehead atoms. The Balaban J connectivity index is 2.11. The second-order valence-corrected chi connectivity index (χ2v) is 9.91. The first-order valence-corrected chi connectivity index (χ1v) is 11.1. The Kier molecular flexibility index (Phi) is 4.83. The molecule has 0 N–H and O–H groups in total. The Morgan fingerprint density at radius 2 is 1.61 bits per heavy atom. The van der Waals surface area contributed by atoms with Crippen LogP contribution in [0.1, 0.15) is 60.0 Å². The van der Waals surface area contributed by atoms with Gasteiger partial charge in [-0.2, -0.15) is 0 Å². The van der Waals surface area contributed by atoms with E-state index in [1.165, 1.54) is 27.8 Å². The van der Waals surface area contributed by atoms with Crippen molar-refractivity contribution in [3.63, 3.8) is 0 Å². The lowest BCUT2D eigenvalue weighted by molar-refractivity contribution is -0.659. The fraction of sp³-hybridized carbons (Fsp3) is 0.300. The Hall–Kier alpha value is -2.93. The molecule has 0 saturated heterocycles. The molecular weight excluding hydrogens is 374 g/mol. The number of nitrogens with zero attached hydrogens (tertiary/aromatic N) is 1. The predicted molar refractivity (Wildman–Crippen MR) is 134 cm³/mol. The van der Waals surface area contributed by atoms with Crippen LogP contribution in [0.3, 0.4) is 0 Å². The number of benzene rings is 3. The fourth-order valence-electron chi connectivity index (χ4n) is 4.41. The van der Waals surface area contributed by atoms with E-state index in [2.05, 4.69) is 96.1 Å². The predicted octanol–water partition coefficient (Wildman–Crippen LogP) is 7.73. The van der Waals surface area contributed by atoms with Gasteiger partial charge in [-0.3, -0.25) is 0 Å². The van der Waals surface area contributed by atoms with Gasteiger partial charge in [0.2, 0.25) is 5.69 Å². The van der Waals surface area contributed by atoms with Crippen LogP contribution in [0.5, 0.6) is 0 Å². The summed E-state index contributed by atoms with van der Waals surface area (Å²) in [5.74, 6) is 0.377. The molecule has 1 nitrogen and oxygen atoms in total. The molecule has 0 unspecified atom stereocenters. The molecule has 0 spiro atoms. The number of pyridine rings is 1. The minimum absolute atomic E-state index is 0.0189. The lowest BCUT2D eigenvalue weighted by Gasteiger charge is -2.20. The summed E-state index contributed by atoms with van der Waals surface area (Å²) in [7, 11) is 1.91. The zero-order valence-corrected chi connectivity index (χ0v) is 19.8. The molecule has 0 atom stereocenters. The Bertz CT molecular complexity index is 1350. The zero-order chi connectivity index (χ0) is 24.1. The lowest BCUT2D eigenvalue weighted by Crippen LogP contribution is -2.31. The highest BCUT2D eigenvalue weighted by Gasteiger charge is 2.22. The van der Waals surface area contributed by atoms with Crippen LogP contribution in [0.4, 0.5) is 0 Å². The van der Waals surface area contributed by atoms with Gasteiger partial charge in [0, 0.05) is 6.04 Å². The second kappa shape index (κ2) is 7.96. The molecule has 4 rings (SSSR count). The van der Waals surface area contributed by atoms with Crippen molar-refractivity contribution in [2.45, 2.75) is 52.9 Å². The van der Waals surface area contributed by atoms with Crippen molar-refractivity contribution in [1.29, 1.82) is 0 Å². The number of aromatic nitrogens is 1. The van der Waals surface area contributed by atoms with E-state index in [0.717, 1.165) is 22.0 Å². The van der Waals surface area contributed by atoms with E-state index in [0.29, 0.717) is 5.92 Å². The van der Waals surface area contributed by atoms with Gasteiger partial charge in [-0.1, -0.05) is 83.1 Å². The van der Waals surface area contributed by atoms with Crippen molar-refractivity contribution >= 4 is 10.8 Å². The maximum atomic E-state index is 8.74. The Morgan fingerprint density at radius 3 is 2.26 bits per heavy atom. The van der Waals surface area contributed by atoms with Crippen LogP contribution in [-0.4, -0.2) is 0 Å². The van der Waals surface area contributed by atoms with Crippen LogP contribution < -0.4 is 4.57 Å². The summed E-state index contributed by atoms with van der Waals surface area (Å²) in [5, 5.41) is 1.87. The van der Waals surface area contributed by atoms with Gasteiger partial charge >= 0.3 is 0 Å². The monoisotopic (exact) mass is 410 g/mol. The van der Waals surface area contributed by atoms with Crippen LogP contribution in [0, 0.1) is 6.92 Å². The maximum absolute atomic E-state index is 8.74. The normalized spacial score (nSPS) is 12.9. The van der Waals surface area contributed by atoms with E-state index >= 15 is 0 Å². The molecule has 0 fully saturated rings. The van der Waals surface area contributed by atoms with Gasteiger partial charge in [0.05, 0.1) is 12.3 Å². The van der Waals surface area contributed by atoms with Gasteiger partial charge in [-0.25, -0.2) is 4.57 Å². The summed E-state index contributed by atoms with van der Waals surface area (Å²) >= 11 is 0. The number of hydrogen-bond acceptors (Lipinski definition) is 0. The summed E-state index contributed by atoms with van der Waals surface area (Å²) < 4.78 is 19.3. The number of fused-ring (bicyclic) bond motifs is 1. The van der Waals surface area contributed by atoms with Crippen molar-refractivity contribution in [3.8, 4) is 22.4 Å². The minimum Gasteiger partial charge on any atom is -0.200 e. The quantitative estimate of drug-likeness (QED) is 0.304. The highest BCUT2D eigenvalue weighted by molar-refractivity contribution is 5.95. The third-order valence-corrected chi connectivity index (χ3v) is 6.27. The highest BCUT2D eigenvalue weighted by Crippen LogP contribution is 2.37. The summed E-state index contributed by atoms with van der Waals surface area (Å²) in [6.45, 7) is 13.2. The van der Waals surface area contributed by atoms with Crippen molar-refractivity contribution in [1.82, 2.24) is 0 Å². The molecule has 0 saturated carbocycles. The first-order chi connectivity index (χ1) is 15.5. The third kappa shape index (κ3) is 4.02. The van der Waals surface area contributed by atoms with Crippen molar-refractivity contribution in [2.75, 3.05) is 0 Å². The fourth-order valence-corrected chi connectivity index (χ4v) is 4.41. The highest BCUT2D eigenvalue weighted by atomic mass is 14.9. The molecular formula is C30H34N+. The molecule has 3 aromatic carbocycles. The zero-order valence-electron chi connectivity index (χ0n) is 21.8. The standard InChI is InChI=1S/C30H34N/c1-20(2)27-18-24(22-11-9-8-10-12-22)19-28(21(27)3)29-26-14-13-25(30(4,5)6)17-23(26)15-16-31(29)7/h8-20H,1-7H3/q+1/i15D,16D. The molecule has 1 heterocycles. The molecule has 1 heteroatoms. The SMILES string of the molecule is [2H]c1c([2H])[n+](C)c(-c2cc(-c3ccccc3)cc(C(C)C)c2C)c2ccc(C(C)(C)C)cc12. The van der Waals surface area contributed by atoms with Crippen LogP contribution in [0.2, 0.25) is 0 Å². The smallest absolute Gasteiger partial charge is 0.200 e. The van der Waals surface area contributed by atoms with E-state index in [1.54, 1.807) is 0 Å². The van der Waals surface area contributed by atoms with Crippen LogP contribution in [-0.2, 0) is 12.5 Å². The van der Waals surface area contributed by atoms with Crippen LogP contribution >= 0.6 is 0 Å². The van der Waals surface area contributed by atoms with Gasteiger partial charge in [0.15, 0.2) is 6.17 Å². The molecule has 1 aromatic heterocycles. The van der Waals surface area contributed by atoms with Crippen LogP contribution in [0.15, 0.2) is 72.9 Å². The third-order valence-electron chi connectivity index (χ3n) is 6.27. The molecule has 4 aromatic rings. The average molecular weight is 411 g/mol. The summed E-state index contributed by atoms with van der Waals surface area (Å²) in [4.78, 5) is 0. The number of rotatable bonds is 3. The van der Waals surface area contributed by atoms with E-state index in [1.807, 2.05) is 17.7 Å². The van der Waals surface area contributed by atoms with Gasteiger partial charge < -0.3 is 0 Å². The minimum atomic E-state index is -0.0189. The number of hydrogen-bond donors (Lipinski definition) is 0. The first-order valence-electron chi connectivity index (χ1n) is 12.1. The van der Waals surface area contributed by atoms with E-state index < -0.39 is 0 Å². The van der Waals surface area contributed by atoms with Crippen LogP contribution in [0.25, 0.3) is 33.2 Å². The molecule has 0 aliphatic rings. The van der Waals surface area contributed by atoms with Gasteiger partial charge in [-0.05, 0) is 63.6 Å². The van der Waals surface area contributed by atoms with E-state index in [4.69, 9.17) is 2.74 Å². The second-order valence-electron chi connectivity index (χ2n) is 9.91. The summed E-state index contributed by atoms with van der Waals surface area (Å²) in [6.07, 6.45) is 0.235. The lowest BCUT2D eigenvalue weighted by atomic mass is 9.84. The molecule has 158 valence electrons. The van der Waals surface area contributed by atoms with E-state index in [9.17, 15) is 0 Å². The molecule has 0 radical (unpaired) electrons.